The van der Waals surface area contributed by atoms with Crippen molar-refractivity contribution < 1.29 is 35.0 Å². The Hall–Kier alpha value is -2.90. The quantitative estimate of drug-likeness (QED) is 0.183. The van der Waals surface area contributed by atoms with Gasteiger partial charge in [-0.3, -0.25) is 0 Å². The maximum absolute atomic E-state index is 5.87. The maximum Gasteiger partial charge on any atom is 2.00 e. The van der Waals surface area contributed by atoms with Crippen LogP contribution in [0.2, 0.25) is 0 Å². The Bertz CT molecular complexity index is 1610. The Morgan fingerprint density at radius 1 is 0.561 bits per heavy atom. The van der Waals surface area contributed by atoms with Crippen LogP contribution >= 0.6 is 0 Å². The van der Waals surface area contributed by atoms with Gasteiger partial charge in [-0.2, -0.15) is 0 Å². The molecule has 210 valence electrons. The molecule has 0 saturated carbocycles. The van der Waals surface area contributed by atoms with E-state index in [0.29, 0.717) is 0 Å². The van der Waals surface area contributed by atoms with Crippen molar-refractivity contribution in [3.63, 3.8) is 0 Å². The second-order valence-electron chi connectivity index (χ2n) is 12.8. The molecule has 2 aromatic heterocycles. The summed E-state index contributed by atoms with van der Waals surface area (Å²) in [6.45, 7) is 17.8. The van der Waals surface area contributed by atoms with Gasteiger partial charge in [-0.05, 0) is 35.1 Å². The molecular formula is C38H42O2Zr. The average molecular weight is 622 g/mol. The van der Waals surface area contributed by atoms with Crippen molar-refractivity contribution in [1.29, 1.82) is 0 Å². The first-order chi connectivity index (χ1) is 19.0. The summed E-state index contributed by atoms with van der Waals surface area (Å²) < 4.78 is 11.7. The molecule has 6 rings (SSSR count). The summed E-state index contributed by atoms with van der Waals surface area (Å²) in [5.74, 6) is 4.03. The van der Waals surface area contributed by atoms with Gasteiger partial charge in [-0.25, -0.2) is 0 Å². The van der Waals surface area contributed by atoms with Crippen LogP contribution in [0.5, 0.6) is 0 Å². The van der Waals surface area contributed by atoms with E-state index in [1.807, 2.05) is 0 Å². The molecule has 2 heterocycles. The van der Waals surface area contributed by atoms with Crippen LogP contribution in [0.15, 0.2) is 93.8 Å². The van der Waals surface area contributed by atoms with Crippen molar-refractivity contribution >= 4 is 21.5 Å². The summed E-state index contributed by atoms with van der Waals surface area (Å²) in [6, 6.07) is 30.3. The topological polar surface area (TPSA) is 26.3 Å². The molecule has 6 aromatic rings. The minimum absolute atomic E-state index is 0. The van der Waals surface area contributed by atoms with E-state index >= 15 is 0 Å². The molecule has 0 radical (unpaired) electrons. The fourth-order valence-corrected chi connectivity index (χ4v) is 5.51. The molecule has 0 amide bonds. The minimum atomic E-state index is 0. The van der Waals surface area contributed by atoms with Crippen LogP contribution in [-0.4, -0.2) is 0 Å². The van der Waals surface area contributed by atoms with Crippen LogP contribution in [0.25, 0.3) is 44.2 Å². The van der Waals surface area contributed by atoms with Gasteiger partial charge in [0.05, 0.1) is 23.0 Å². The van der Waals surface area contributed by atoms with Crippen molar-refractivity contribution in [3.8, 4) is 22.6 Å². The van der Waals surface area contributed by atoms with Gasteiger partial charge in [0.15, 0.2) is 0 Å². The van der Waals surface area contributed by atoms with Gasteiger partial charge in [0.25, 0.3) is 0 Å². The summed E-state index contributed by atoms with van der Waals surface area (Å²) in [4.78, 5) is 0. The molecule has 0 unspecified atom stereocenters. The summed E-state index contributed by atoms with van der Waals surface area (Å²) in [5.41, 5.74) is 5.45. The molecule has 0 aliphatic rings. The molecule has 0 aliphatic carbocycles. The molecule has 0 fully saturated rings. The van der Waals surface area contributed by atoms with Crippen molar-refractivity contribution in [2.45, 2.75) is 79.1 Å². The molecule has 0 spiro atoms. The van der Waals surface area contributed by atoms with Gasteiger partial charge in [-0.15, -0.1) is 57.9 Å². The Labute approximate surface area is 264 Å². The van der Waals surface area contributed by atoms with Crippen LogP contribution in [0.4, 0.5) is 0 Å². The molecule has 3 heteroatoms. The molecule has 41 heavy (non-hydrogen) atoms. The predicted molar refractivity (Wildman–Crippen MR) is 171 cm³/mol. The van der Waals surface area contributed by atoms with Crippen LogP contribution < -0.4 is 0 Å². The molecule has 0 bridgehead atoms. The first-order valence-corrected chi connectivity index (χ1v) is 14.6. The standard InChI is InChI=1S/2C19H21O.Zr/c2*1-5-15-9-10-18(20-15)14-11-13-7-6-8-17(16(13)12-14)19(2,3)4;/h2*6-12H,5H2,1-4H3;/q2*-1;+2. The third-order valence-corrected chi connectivity index (χ3v) is 7.71. The molecule has 0 atom stereocenters. The molecule has 4 aromatic carbocycles. The predicted octanol–water partition coefficient (Wildman–Crippen LogP) is 11.4. The number of benzene rings is 2. The Balaban J connectivity index is 0.000000184. The van der Waals surface area contributed by atoms with Crippen molar-refractivity contribution in [3.05, 3.63) is 108 Å². The number of furan rings is 2. The van der Waals surface area contributed by atoms with Crippen molar-refractivity contribution in [1.82, 2.24) is 0 Å². The number of aryl methyl sites for hydroxylation is 2. The minimum Gasteiger partial charge on any atom is -0.496 e. The zero-order valence-corrected chi connectivity index (χ0v) is 28.3. The fraction of sp³-hybridized carbons (Fsp3) is 0.316. The van der Waals surface area contributed by atoms with E-state index in [4.69, 9.17) is 8.83 Å². The number of hydrogen-bond acceptors (Lipinski definition) is 2. The van der Waals surface area contributed by atoms with Gasteiger partial charge < -0.3 is 8.83 Å². The van der Waals surface area contributed by atoms with Gasteiger partial charge in [0, 0.05) is 12.8 Å². The van der Waals surface area contributed by atoms with E-state index in [0.717, 1.165) is 35.9 Å². The third-order valence-electron chi connectivity index (χ3n) is 7.71. The summed E-state index contributed by atoms with van der Waals surface area (Å²) >= 11 is 0. The summed E-state index contributed by atoms with van der Waals surface area (Å²) in [7, 11) is 0. The van der Waals surface area contributed by atoms with Gasteiger partial charge in [-0.1, -0.05) is 102 Å². The van der Waals surface area contributed by atoms with Gasteiger partial charge >= 0.3 is 26.2 Å². The Kier molecular flexibility index (Phi) is 9.20. The summed E-state index contributed by atoms with van der Waals surface area (Å²) in [5, 5.41) is 5.26. The van der Waals surface area contributed by atoms with Crippen LogP contribution in [0.1, 0.15) is 78.0 Å². The van der Waals surface area contributed by atoms with Crippen LogP contribution in [-0.2, 0) is 49.9 Å². The zero-order chi connectivity index (χ0) is 28.7. The van der Waals surface area contributed by atoms with Crippen molar-refractivity contribution in [2.24, 2.45) is 0 Å². The van der Waals surface area contributed by atoms with E-state index in [1.54, 1.807) is 0 Å². The monoisotopic (exact) mass is 620 g/mol. The number of rotatable bonds is 4. The average Bonchev–Trinajstić information content (AvgIpc) is 3.71. The second-order valence-corrected chi connectivity index (χ2v) is 12.8. The number of hydrogen-bond donors (Lipinski definition) is 0. The smallest absolute Gasteiger partial charge is 0.496 e. The maximum atomic E-state index is 5.87. The van der Waals surface area contributed by atoms with E-state index in [1.165, 1.54) is 43.8 Å². The first-order valence-electron chi connectivity index (χ1n) is 14.6. The second kappa shape index (κ2) is 12.1. The summed E-state index contributed by atoms with van der Waals surface area (Å²) in [6.07, 6.45) is 1.88. The van der Waals surface area contributed by atoms with E-state index in [2.05, 4.69) is 140 Å². The van der Waals surface area contributed by atoms with Crippen molar-refractivity contribution in [2.75, 3.05) is 0 Å². The van der Waals surface area contributed by atoms with Crippen LogP contribution in [0.3, 0.4) is 0 Å². The van der Waals surface area contributed by atoms with Gasteiger partial charge in [0.2, 0.25) is 0 Å². The van der Waals surface area contributed by atoms with Crippen LogP contribution in [0, 0.1) is 0 Å². The molecular weight excluding hydrogens is 580 g/mol. The Morgan fingerprint density at radius 3 is 1.27 bits per heavy atom. The molecule has 2 nitrogen and oxygen atoms in total. The van der Waals surface area contributed by atoms with E-state index < -0.39 is 0 Å². The molecule has 0 aliphatic heterocycles. The molecule has 0 N–H and O–H groups in total. The normalized spacial score (nSPS) is 11.9. The van der Waals surface area contributed by atoms with Gasteiger partial charge in [0.1, 0.15) is 0 Å². The molecule has 0 saturated heterocycles. The first kappa shape index (κ1) is 31.0. The third kappa shape index (κ3) is 6.62. The SMILES string of the molecule is CCc1ccc(-c2cc3c(C(C)(C)C)cccc3[cH-]2)o1.CCc1ccc(-c2cc3c(C(C)(C)C)cccc3[cH-]2)o1.[Zr+2]. The largest absolute Gasteiger partial charge is 2.00 e. The van der Waals surface area contributed by atoms with E-state index in [9.17, 15) is 0 Å². The Morgan fingerprint density at radius 2 is 0.951 bits per heavy atom. The van der Waals surface area contributed by atoms with E-state index in [-0.39, 0.29) is 37.0 Å². The fourth-order valence-electron chi connectivity index (χ4n) is 5.51. The number of fused-ring (bicyclic) bond motifs is 2. The zero-order valence-electron chi connectivity index (χ0n) is 25.8.